The molecule has 1 N–H and O–H groups in total. The van der Waals surface area contributed by atoms with Crippen molar-refractivity contribution in [1.29, 1.82) is 0 Å². The third-order valence-electron chi connectivity index (χ3n) is 3.94. The highest BCUT2D eigenvalue weighted by Crippen LogP contribution is 2.29. The van der Waals surface area contributed by atoms with Gasteiger partial charge in [0.1, 0.15) is 5.75 Å². The topological polar surface area (TPSA) is 40.5 Å². The van der Waals surface area contributed by atoms with Gasteiger partial charge in [0, 0.05) is 18.5 Å². The predicted octanol–water partition coefficient (Wildman–Crippen LogP) is 3.81. The Kier molecular flexibility index (Phi) is 4.28. The molecule has 0 atom stereocenters. The normalized spacial score (nSPS) is 11.0. The third-order valence-corrected chi connectivity index (χ3v) is 3.94. The van der Waals surface area contributed by atoms with Crippen molar-refractivity contribution in [3.63, 3.8) is 0 Å². The van der Waals surface area contributed by atoms with Crippen LogP contribution >= 0.6 is 0 Å². The Morgan fingerprint density at radius 2 is 1.80 bits per heavy atom. The van der Waals surface area contributed by atoms with Gasteiger partial charge in [-0.25, -0.2) is 0 Å². The summed E-state index contributed by atoms with van der Waals surface area (Å²) < 4.78 is 0. The molecule has 2 aromatic carbocycles. The molecule has 3 nitrogen and oxygen atoms in total. The van der Waals surface area contributed by atoms with E-state index in [1.54, 1.807) is 18.0 Å². The molecule has 0 radical (unpaired) electrons. The summed E-state index contributed by atoms with van der Waals surface area (Å²) in [6, 6.07) is 11.3. The maximum atomic E-state index is 12.5. The number of hydrogen-bond donors (Lipinski definition) is 1. The second-order valence-electron chi connectivity index (χ2n) is 5.07. The fraction of sp³-hybridized carbons (Fsp3) is 0.353. The maximum Gasteiger partial charge on any atom is 0.257 e. The SMILES string of the molecule is CCC(CC)N(C)C(=O)c1ccc2ccccc2c1O. The Balaban J connectivity index is 2.42. The highest BCUT2D eigenvalue weighted by molar-refractivity contribution is 6.03. The van der Waals surface area contributed by atoms with Gasteiger partial charge in [0.15, 0.2) is 0 Å². The van der Waals surface area contributed by atoms with Crippen LogP contribution in [0.25, 0.3) is 10.8 Å². The largest absolute Gasteiger partial charge is 0.506 e. The zero-order valence-corrected chi connectivity index (χ0v) is 12.3. The Bertz CT molecular complexity index is 617. The van der Waals surface area contributed by atoms with Gasteiger partial charge in [-0.3, -0.25) is 4.79 Å². The summed E-state index contributed by atoms with van der Waals surface area (Å²) in [5.41, 5.74) is 0.373. The molecule has 0 aliphatic heterocycles. The van der Waals surface area contributed by atoms with E-state index in [0.717, 1.165) is 23.6 Å². The Labute approximate surface area is 119 Å². The van der Waals surface area contributed by atoms with Gasteiger partial charge >= 0.3 is 0 Å². The smallest absolute Gasteiger partial charge is 0.257 e. The molecule has 0 spiro atoms. The highest BCUT2D eigenvalue weighted by Gasteiger charge is 2.21. The highest BCUT2D eigenvalue weighted by atomic mass is 16.3. The van der Waals surface area contributed by atoms with E-state index in [1.807, 2.05) is 30.3 Å². The molecule has 20 heavy (non-hydrogen) atoms. The zero-order chi connectivity index (χ0) is 14.7. The van der Waals surface area contributed by atoms with Gasteiger partial charge in [0.2, 0.25) is 0 Å². The van der Waals surface area contributed by atoms with E-state index in [-0.39, 0.29) is 17.7 Å². The number of rotatable bonds is 4. The number of aromatic hydroxyl groups is 1. The van der Waals surface area contributed by atoms with Gasteiger partial charge in [0.05, 0.1) is 5.56 Å². The van der Waals surface area contributed by atoms with Crippen LogP contribution in [-0.2, 0) is 0 Å². The average molecular weight is 271 g/mol. The van der Waals surface area contributed by atoms with E-state index < -0.39 is 0 Å². The molecule has 0 aromatic heterocycles. The number of amides is 1. The average Bonchev–Trinajstić information content (AvgIpc) is 2.48. The number of nitrogens with zero attached hydrogens (tertiary/aromatic N) is 1. The third kappa shape index (κ3) is 2.48. The van der Waals surface area contributed by atoms with E-state index in [2.05, 4.69) is 13.8 Å². The van der Waals surface area contributed by atoms with Crippen molar-refractivity contribution in [2.24, 2.45) is 0 Å². The van der Waals surface area contributed by atoms with Gasteiger partial charge in [-0.1, -0.05) is 44.2 Å². The number of fused-ring (bicyclic) bond motifs is 1. The van der Waals surface area contributed by atoms with Crippen LogP contribution in [0.15, 0.2) is 36.4 Å². The lowest BCUT2D eigenvalue weighted by molar-refractivity contribution is 0.0721. The molecule has 2 aromatic rings. The van der Waals surface area contributed by atoms with Gasteiger partial charge < -0.3 is 10.0 Å². The quantitative estimate of drug-likeness (QED) is 0.918. The molecule has 0 heterocycles. The molecule has 0 aliphatic carbocycles. The second kappa shape index (κ2) is 5.95. The van der Waals surface area contributed by atoms with Crippen LogP contribution in [0.2, 0.25) is 0 Å². The fourth-order valence-corrected chi connectivity index (χ4v) is 2.62. The summed E-state index contributed by atoms with van der Waals surface area (Å²) >= 11 is 0. The molecule has 0 saturated heterocycles. The summed E-state index contributed by atoms with van der Waals surface area (Å²) in [6.45, 7) is 4.14. The van der Waals surface area contributed by atoms with Crippen molar-refractivity contribution < 1.29 is 9.90 Å². The van der Waals surface area contributed by atoms with E-state index in [1.165, 1.54) is 0 Å². The summed E-state index contributed by atoms with van der Waals surface area (Å²) in [5, 5.41) is 12.0. The zero-order valence-electron chi connectivity index (χ0n) is 12.3. The first kappa shape index (κ1) is 14.4. The predicted molar refractivity (Wildman–Crippen MR) is 82.1 cm³/mol. The maximum absolute atomic E-state index is 12.5. The van der Waals surface area contributed by atoms with Crippen molar-refractivity contribution in [2.45, 2.75) is 32.7 Å². The summed E-state index contributed by atoms with van der Waals surface area (Å²) in [7, 11) is 1.80. The first-order valence-corrected chi connectivity index (χ1v) is 7.08. The van der Waals surface area contributed by atoms with E-state index in [0.29, 0.717) is 5.56 Å². The minimum atomic E-state index is -0.123. The first-order valence-electron chi connectivity index (χ1n) is 7.08. The molecule has 0 fully saturated rings. The lowest BCUT2D eigenvalue weighted by Crippen LogP contribution is -2.36. The Morgan fingerprint density at radius 1 is 1.15 bits per heavy atom. The molecule has 0 bridgehead atoms. The summed E-state index contributed by atoms with van der Waals surface area (Å²) in [6.07, 6.45) is 1.82. The lowest BCUT2D eigenvalue weighted by atomic mass is 10.0. The van der Waals surface area contributed by atoms with E-state index >= 15 is 0 Å². The van der Waals surface area contributed by atoms with Crippen molar-refractivity contribution in [2.75, 3.05) is 7.05 Å². The number of carbonyl (C=O) groups is 1. The minimum absolute atomic E-state index is 0.0749. The molecule has 0 saturated carbocycles. The van der Waals surface area contributed by atoms with Crippen molar-refractivity contribution >= 4 is 16.7 Å². The van der Waals surface area contributed by atoms with E-state index in [9.17, 15) is 9.90 Å². The number of carbonyl (C=O) groups excluding carboxylic acids is 1. The van der Waals surface area contributed by atoms with Crippen LogP contribution in [0.3, 0.4) is 0 Å². The van der Waals surface area contributed by atoms with Crippen molar-refractivity contribution in [3.8, 4) is 5.75 Å². The molecule has 106 valence electrons. The van der Waals surface area contributed by atoms with Crippen LogP contribution in [0, 0.1) is 0 Å². The van der Waals surface area contributed by atoms with Crippen LogP contribution < -0.4 is 0 Å². The first-order chi connectivity index (χ1) is 9.60. The number of benzene rings is 2. The molecule has 1 amide bonds. The van der Waals surface area contributed by atoms with Gasteiger partial charge in [-0.05, 0) is 24.3 Å². The van der Waals surface area contributed by atoms with Crippen LogP contribution in [0.1, 0.15) is 37.0 Å². The molecule has 3 heteroatoms. The molecular weight excluding hydrogens is 250 g/mol. The molecule has 0 aliphatic rings. The Hall–Kier alpha value is -2.03. The van der Waals surface area contributed by atoms with Crippen molar-refractivity contribution in [3.05, 3.63) is 42.0 Å². The molecule has 2 rings (SSSR count). The lowest BCUT2D eigenvalue weighted by Gasteiger charge is -2.26. The molecular formula is C17H21NO2. The summed E-state index contributed by atoms with van der Waals surface area (Å²) in [5.74, 6) is -0.0483. The monoisotopic (exact) mass is 271 g/mol. The van der Waals surface area contributed by atoms with Crippen LogP contribution in [-0.4, -0.2) is 29.0 Å². The number of hydrogen-bond acceptors (Lipinski definition) is 2. The summed E-state index contributed by atoms with van der Waals surface area (Å²) in [4.78, 5) is 14.3. The van der Waals surface area contributed by atoms with Gasteiger partial charge in [0.25, 0.3) is 5.91 Å². The van der Waals surface area contributed by atoms with Gasteiger partial charge in [-0.15, -0.1) is 0 Å². The fourth-order valence-electron chi connectivity index (χ4n) is 2.62. The number of phenols is 1. The minimum Gasteiger partial charge on any atom is -0.506 e. The number of phenolic OH excluding ortho intramolecular Hbond substituents is 1. The van der Waals surface area contributed by atoms with Crippen LogP contribution in [0.4, 0.5) is 0 Å². The molecule has 0 unspecified atom stereocenters. The van der Waals surface area contributed by atoms with Gasteiger partial charge in [-0.2, -0.15) is 0 Å². The second-order valence-corrected chi connectivity index (χ2v) is 5.07. The van der Waals surface area contributed by atoms with E-state index in [4.69, 9.17) is 0 Å². The standard InChI is InChI=1S/C17H21NO2/c1-4-13(5-2)18(3)17(20)15-11-10-12-8-6-7-9-14(12)16(15)19/h6-11,13,19H,4-5H2,1-3H3. The van der Waals surface area contributed by atoms with Crippen LogP contribution in [0.5, 0.6) is 5.75 Å². The van der Waals surface area contributed by atoms with Crippen molar-refractivity contribution in [1.82, 2.24) is 4.90 Å². The Morgan fingerprint density at radius 3 is 2.45 bits per heavy atom.